The summed E-state index contributed by atoms with van der Waals surface area (Å²) in [7, 11) is 0. The fraction of sp³-hybridized carbons (Fsp3) is 0.579. The van der Waals surface area contributed by atoms with Gasteiger partial charge in [-0.1, -0.05) is 24.3 Å². The Balaban J connectivity index is 1.26. The first-order valence-corrected chi connectivity index (χ1v) is 9.26. The molecule has 5 heteroatoms. The number of hydrogen-bond donors (Lipinski definition) is 2. The van der Waals surface area contributed by atoms with Gasteiger partial charge in [0.1, 0.15) is 32.7 Å². The molecule has 2 fully saturated rings. The Morgan fingerprint density at radius 3 is 2.54 bits per heavy atom. The Hall–Kier alpha value is -1.72. The lowest BCUT2D eigenvalue weighted by molar-refractivity contribution is -1.02. The van der Waals surface area contributed by atoms with Crippen LogP contribution in [0, 0.1) is 27.9 Å². The number of nitro benzene ring substituents is 1. The van der Waals surface area contributed by atoms with Gasteiger partial charge in [0.15, 0.2) is 0 Å². The van der Waals surface area contributed by atoms with Crippen LogP contribution in [0.3, 0.4) is 0 Å². The molecule has 1 saturated carbocycles. The molecule has 5 nitrogen and oxygen atoms in total. The lowest BCUT2D eigenvalue weighted by atomic mass is 9.93. The first kappa shape index (κ1) is 15.8. The summed E-state index contributed by atoms with van der Waals surface area (Å²) in [4.78, 5) is 13.9. The molecule has 2 N–H and O–H groups in total. The molecule has 128 valence electrons. The van der Waals surface area contributed by atoms with Gasteiger partial charge in [0.2, 0.25) is 0 Å². The number of quaternary nitrogens is 2. The molecule has 2 bridgehead atoms. The van der Waals surface area contributed by atoms with Crippen molar-refractivity contribution in [2.75, 3.05) is 32.7 Å². The summed E-state index contributed by atoms with van der Waals surface area (Å²) in [5.74, 6) is 2.64. The smallest absolute Gasteiger partial charge is 0.269 e. The number of piperazine rings is 1. The van der Waals surface area contributed by atoms with Crippen LogP contribution in [0.4, 0.5) is 5.69 Å². The van der Waals surface area contributed by atoms with Crippen LogP contribution < -0.4 is 9.80 Å². The molecule has 0 aromatic heterocycles. The molecule has 3 atom stereocenters. The highest BCUT2D eigenvalue weighted by atomic mass is 16.6. The number of hydrogen-bond acceptors (Lipinski definition) is 2. The van der Waals surface area contributed by atoms with Gasteiger partial charge >= 0.3 is 0 Å². The second-order valence-corrected chi connectivity index (χ2v) is 7.85. The van der Waals surface area contributed by atoms with E-state index in [1.807, 2.05) is 6.07 Å². The molecule has 0 spiro atoms. The number of rotatable bonds is 5. The third-order valence-electron chi connectivity index (χ3n) is 6.21. The van der Waals surface area contributed by atoms with Gasteiger partial charge in [-0.15, -0.1) is 0 Å². The zero-order valence-electron chi connectivity index (χ0n) is 14.1. The highest BCUT2D eigenvalue weighted by Crippen LogP contribution is 2.42. The van der Waals surface area contributed by atoms with Crippen LogP contribution in [-0.2, 0) is 6.54 Å². The van der Waals surface area contributed by atoms with E-state index in [1.54, 1.807) is 28.0 Å². The van der Waals surface area contributed by atoms with Crippen LogP contribution >= 0.6 is 0 Å². The van der Waals surface area contributed by atoms with E-state index < -0.39 is 0 Å². The second kappa shape index (κ2) is 6.65. The summed E-state index contributed by atoms with van der Waals surface area (Å²) in [6.07, 6.45) is 7.71. The van der Waals surface area contributed by atoms with Gasteiger partial charge in [0, 0.05) is 23.6 Å². The lowest BCUT2D eigenvalue weighted by Gasteiger charge is -2.32. The van der Waals surface area contributed by atoms with Crippen molar-refractivity contribution in [3.05, 3.63) is 52.1 Å². The average molecular weight is 329 g/mol. The first-order valence-electron chi connectivity index (χ1n) is 9.26. The van der Waals surface area contributed by atoms with E-state index in [2.05, 4.69) is 12.2 Å². The molecule has 1 aromatic carbocycles. The summed E-state index contributed by atoms with van der Waals surface area (Å²) in [6.45, 7) is 7.08. The Morgan fingerprint density at radius 2 is 1.88 bits per heavy atom. The minimum atomic E-state index is -0.301. The molecule has 3 aliphatic rings. The summed E-state index contributed by atoms with van der Waals surface area (Å²) >= 11 is 0. The van der Waals surface area contributed by atoms with E-state index in [9.17, 15) is 10.1 Å². The van der Waals surface area contributed by atoms with Gasteiger partial charge in [-0.2, -0.15) is 0 Å². The minimum Gasteiger partial charge on any atom is -0.325 e. The Labute approximate surface area is 143 Å². The molecule has 0 radical (unpaired) electrons. The van der Waals surface area contributed by atoms with E-state index in [4.69, 9.17) is 0 Å². The molecular weight excluding hydrogens is 302 g/mol. The number of non-ortho nitro benzene ring substituents is 1. The minimum absolute atomic E-state index is 0.209. The summed E-state index contributed by atoms with van der Waals surface area (Å²) in [6, 6.07) is 7.12. The third kappa shape index (κ3) is 3.37. The zero-order valence-corrected chi connectivity index (χ0v) is 14.1. The fourth-order valence-corrected chi connectivity index (χ4v) is 4.91. The topological polar surface area (TPSA) is 52.0 Å². The number of nitrogens with zero attached hydrogens (tertiary/aromatic N) is 1. The standard InChI is InChI=1S/C19H25N3O2/c23-22(24)19-3-1-2-16(12-19)13-20-6-8-21(9-7-20)14-18-11-15-4-5-17(18)10-15/h1-5,12,15,17-18H,6-11,13-14H2/p+2/t15-,17-,18-/m0/s1. The monoisotopic (exact) mass is 329 g/mol. The first-order chi connectivity index (χ1) is 11.7. The molecule has 2 aliphatic carbocycles. The van der Waals surface area contributed by atoms with Gasteiger partial charge < -0.3 is 9.80 Å². The Morgan fingerprint density at radius 1 is 1.08 bits per heavy atom. The van der Waals surface area contributed by atoms with Gasteiger partial charge in [-0.3, -0.25) is 10.1 Å². The van der Waals surface area contributed by atoms with E-state index in [1.165, 1.54) is 45.6 Å². The van der Waals surface area contributed by atoms with E-state index >= 15 is 0 Å². The van der Waals surface area contributed by atoms with Crippen LogP contribution in [0.25, 0.3) is 0 Å². The van der Waals surface area contributed by atoms with Crippen molar-refractivity contribution in [1.29, 1.82) is 0 Å². The largest absolute Gasteiger partial charge is 0.325 e. The Bertz CT molecular complexity index is 637. The highest BCUT2D eigenvalue weighted by Gasteiger charge is 2.38. The van der Waals surface area contributed by atoms with Crippen molar-refractivity contribution in [2.24, 2.45) is 17.8 Å². The van der Waals surface area contributed by atoms with E-state index in [-0.39, 0.29) is 10.6 Å². The number of allylic oxidation sites excluding steroid dienone is 2. The highest BCUT2D eigenvalue weighted by molar-refractivity contribution is 5.33. The van der Waals surface area contributed by atoms with Crippen LogP contribution in [0.5, 0.6) is 0 Å². The molecule has 1 heterocycles. The maximum atomic E-state index is 10.9. The quantitative estimate of drug-likeness (QED) is 0.457. The van der Waals surface area contributed by atoms with Crippen molar-refractivity contribution in [1.82, 2.24) is 0 Å². The van der Waals surface area contributed by atoms with Crippen LogP contribution in [0.2, 0.25) is 0 Å². The summed E-state index contributed by atoms with van der Waals surface area (Å²) in [5, 5.41) is 10.9. The molecular formula is C19H27N3O2+2. The van der Waals surface area contributed by atoms with Crippen molar-refractivity contribution >= 4 is 5.69 Å². The van der Waals surface area contributed by atoms with Crippen molar-refractivity contribution in [2.45, 2.75) is 19.4 Å². The second-order valence-electron chi connectivity index (χ2n) is 7.85. The summed E-state index contributed by atoms with van der Waals surface area (Å²) in [5.41, 5.74) is 1.29. The number of fused-ring (bicyclic) bond motifs is 2. The Kier molecular flexibility index (Phi) is 4.37. The van der Waals surface area contributed by atoms with E-state index in [0.717, 1.165) is 29.9 Å². The van der Waals surface area contributed by atoms with Crippen LogP contribution in [0.1, 0.15) is 18.4 Å². The summed E-state index contributed by atoms with van der Waals surface area (Å²) < 4.78 is 0. The van der Waals surface area contributed by atoms with Crippen LogP contribution in [0.15, 0.2) is 36.4 Å². The fourth-order valence-electron chi connectivity index (χ4n) is 4.91. The zero-order chi connectivity index (χ0) is 16.5. The SMILES string of the molecule is O=[N+]([O-])c1cccc(C[NH+]2CC[NH+](C[C@@H]3C[C@H]4C=C[C@H]3C4)CC2)c1. The molecule has 0 unspecified atom stereocenters. The molecule has 4 rings (SSSR count). The molecule has 1 aliphatic heterocycles. The molecule has 24 heavy (non-hydrogen) atoms. The van der Waals surface area contributed by atoms with E-state index in [0.29, 0.717) is 0 Å². The number of nitrogens with one attached hydrogen (secondary N) is 2. The normalized spacial score (nSPS) is 34.6. The van der Waals surface area contributed by atoms with Gasteiger partial charge in [0.05, 0.1) is 11.5 Å². The average Bonchev–Trinajstić information content (AvgIpc) is 3.20. The van der Waals surface area contributed by atoms with Crippen LogP contribution in [-0.4, -0.2) is 37.6 Å². The number of nitro groups is 1. The molecule has 0 amide bonds. The predicted molar refractivity (Wildman–Crippen MR) is 91.9 cm³/mol. The van der Waals surface area contributed by atoms with Gasteiger partial charge in [-0.05, 0) is 24.7 Å². The maximum Gasteiger partial charge on any atom is 0.269 e. The predicted octanol–water partition coefficient (Wildman–Crippen LogP) is 0.0904. The van der Waals surface area contributed by atoms with Crippen molar-refractivity contribution in [3.8, 4) is 0 Å². The van der Waals surface area contributed by atoms with Crippen molar-refractivity contribution < 1.29 is 14.7 Å². The number of benzene rings is 1. The lowest BCUT2D eigenvalue weighted by Crippen LogP contribution is -3.27. The van der Waals surface area contributed by atoms with Crippen molar-refractivity contribution in [3.63, 3.8) is 0 Å². The maximum absolute atomic E-state index is 10.9. The molecule has 1 aromatic rings. The van der Waals surface area contributed by atoms with Gasteiger partial charge in [-0.25, -0.2) is 0 Å². The third-order valence-corrected chi connectivity index (χ3v) is 6.21. The van der Waals surface area contributed by atoms with Gasteiger partial charge in [0.25, 0.3) is 5.69 Å². The molecule has 1 saturated heterocycles.